The molecule has 2 N–H and O–H groups in total. The smallest absolute Gasteiger partial charge is 0.307 e. The molecule has 0 radical (unpaired) electrons. The number of aliphatic carboxylic acids is 1. The summed E-state index contributed by atoms with van der Waals surface area (Å²) in [5, 5.41) is 10.9. The van der Waals surface area contributed by atoms with Crippen molar-refractivity contribution in [1.29, 1.82) is 0 Å². The summed E-state index contributed by atoms with van der Waals surface area (Å²) in [6.45, 7) is 2.25. The van der Waals surface area contributed by atoms with Crippen molar-refractivity contribution in [1.82, 2.24) is 9.62 Å². The van der Waals surface area contributed by atoms with Gasteiger partial charge in [-0.3, -0.25) is 9.59 Å². The average Bonchev–Trinajstić information content (AvgIpc) is 2.88. The van der Waals surface area contributed by atoms with Crippen LogP contribution in [0.3, 0.4) is 0 Å². The standard InChI is InChI=1S/C12H20N2O5S/c1-2-9-11(15)13-6-7-14(9)20(18,19)10-5-3-4-8(10)12(16)17/h8-10H,2-7H2,1H3,(H,13,15)(H,16,17). The molecule has 1 heterocycles. The van der Waals surface area contributed by atoms with Crippen LogP contribution in [0.4, 0.5) is 0 Å². The molecule has 114 valence electrons. The van der Waals surface area contributed by atoms with Crippen molar-refractivity contribution in [3.8, 4) is 0 Å². The molecule has 3 unspecified atom stereocenters. The molecule has 2 aliphatic rings. The first-order valence-corrected chi connectivity index (χ1v) is 8.41. The largest absolute Gasteiger partial charge is 0.481 e. The summed E-state index contributed by atoms with van der Waals surface area (Å²) < 4.78 is 26.6. The summed E-state index contributed by atoms with van der Waals surface area (Å²) in [5.41, 5.74) is 0. The first-order valence-electron chi connectivity index (χ1n) is 6.90. The lowest BCUT2D eigenvalue weighted by atomic mass is 10.1. The molecule has 8 heteroatoms. The number of hydrogen-bond acceptors (Lipinski definition) is 4. The maximum Gasteiger partial charge on any atom is 0.307 e. The molecule has 2 fully saturated rings. The average molecular weight is 304 g/mol. The topological polar surface area (TPSA) is 104 Å². The maximum absolute atomic E-state index is 12.7. The third-order valence-electron chi connectivity index (χ3n) is 4.15. The third-order valence-corrected chi connectivity index (χ3v) is 6.57. The van der Waals surface area contributed by atoms with Crippen LogP contribution < -0.4 is 5.32 Å². The van der Waals surface area contributed by atoms with Crippen molar-refractivity contribution in [2.45, 2.75) is 43.9 Å². The molecule has 3 atom stereocenters. The van der Waals surface area contributed by atoms with Gasteiger partial charge >= 0.3 is 5.97 Å². The number of hydrogen-bond donors (Lipinski definition) is 2. The van der Waals surface area contributed by atoms with Gasteiger partial charge in [0, 0.05) is 13.1 Å². The molecular weight excluding hydrogens is 284 g/mol. The van der Waals surface area contributed by atoms with E-state index in [2.05, 4.69) is 5.32 Å². The van der Waals surface area contributed by atoms with E-state index in [0.717, 1.165) is 0 Å². The summed E-state index contributed by atoms with van der Waals surface area (Å²) >= 11 is 0. The molecule has 1 saturated heterocycles. The van der Waals surface area contributed by atoms with Crippen molar-refractivity contribution in [2.24, 2.45) is 5.92 Å². The zero-order valence-corrected chi connectivity index (χ0v) is 12.2. The Kier molecular flexibility index (Phi) is 4.33. The monoisotopic (exact) mass is 304 g/mol. The van der Waals surface area contributed by atoms with Crippen molar-refractivity contribution < 1.29 is 23.1 Å². The van der Waals surface area contributed by atoms with Gasteiger partial charge in [-0.25, -0.2) is 8.42 Å². The van der Waals surface area contributed by atoms with Gasteiger partial charge in [-0.2, -0.15) is 4.31 Å². The summed E-state index contributed by atoms with van der Waals surface area (Å²) in [6.07, 6.45) is 1.72. The summed E-state index contributed by atoms with van der Waals surface area (Å²) in [7, 11) is -3.76. The van der Waals surface area contributed by atoms with E-state index in [1.807, 2.05) is 0 Å². The number of nitrogens with zero attached hydrogens (tertiary/aromatic N) is 1. The number of carbonyl (C=O) groups is 2. The van der Waals surface area contributed by atoms with E-state index >= 15 is 0 Å². The SMILES string of the molecule is CCC1C(=O)NCCN1S(=O)(=O)C1CCCC1C(=O)O. The lowest BCUT2D eigenvalue weighted by molar-refractivity contribution is -0.141. The lowest BCUT2D eigenvalue weighted by Gasteiger charge is -2.36. The highest BCUT2D eigenvalue weighted by molar-refractivity contribution is 7.89. The van der Waals surface area contributed by atoms with Crippen LogP contribution in [0.2, 0.25) is 0 Å². The first kappa shape index (κ1) is 15.2. The highest BCUT2D eigenvalue weighted by Crippen LogP contribution is 2.34. The van der Waals surface area contributed by atoms with Crippen LogP contribution in [0.25, 0.3) is 0 Å². The summed E-state index contributed by atoms with van der Waals surface area (Å²) in [6, 6.07) is -0.719. The van der Waals surface area contributed by atoms with Gasteiger partial charge in [0.15, 0.2) is 0 Å². The molecule has 0 spiro atoms. The van der Waals surface area contributed by atoms with Gasteiger partial charge in [0.05, 0.1) is 11.2 Å². The number of nitrogens with one attached hydrogen (secondary N) is 1. The van der Waals surface area contributed by atoms with Gasteiger partial charge in [-0.05, 0) is 19.3 Å². The summed E-state index contributed by atoms with van der Waals surface area (Å²) in [4.78, 5) is 23.0. The van der Waals surface area contributed by atoms with Crippen LogP contribution in [0.1, 0.15) is 32.6 Å². The van der Waals surface area contributed by atoms with Crippen LogP contribution in [0, 0.1) is 5.92 Å². The quantitative estimate of drug-likeness (QED) is 0.747. The normalized spacial score (nSPS) is 32.0. The summed E-state index contributed by atoms with van der Waals surface area (Å²) in [5.74, 6) is -2.22. The predicted molar refractivity (Wildman–Crippen MR) is 71.5 cm³/mol. The molecule has 1 amide bonds. The third kappa shape index (κ3) is 2.54. The lowest BCUT2D eigenvalue weighted by Crippen LogP contribution is -2.59. The molecule has 7 nitrogen and oxygen atoms in total. The van der Waals surface area contributed by atoms with Gasteiger partial charge in [-0.15, -0.1) is 0 Å². The number of piperazine rings is 1. The van der Waals surface area contributed by atoms with E-state index in [9.17, 15) is 18.0 Å². The predicted octanol–water partition coefficient (Wildman–Crippen LogP) is -0.220. The van der Waals surface area contributed by atoms with E-state index in [0.29, 0.717) is 25.7 Å². The Morgan fingerprint density at radius 3 is 2.75 bits per heavy atom. The zero-order valence-electron chi connectivity index (χ0n) is 11.4. The fourth-order valence-corrected chi connectivity index (χ4v) is 5.55. The number of amides is 1. The Hall–Kier alpha value is -1.15. The van der Waals surface area contributed by atoms with Crippen molar-refractivity contribution >= 4 is 21.9 Å². The van der Waals surface area contributed by atoms with Crippen LogP contribution in [0.5, 0.6) is 0 Å². The Bertz CT molecular complexity index is 504. The maximum atomic E-state index is 12.7. The van der Waals surface area contributed by atoms with E-state index in [4.69, 9.17) is 5.11 Å². The number of carboxylic acid groups (broad SMARTS) is 1. The molecule has 0 aromatic heterocycles. The fourth-order valence-electron chi connectivity index (χ4n) is 3.13. The Balaban J connectivity index is 2.29. The van der Waals surface area contributed by atoms with E-state index in [1.54, 1.807) is 6.92 Å². The van der Waals surface area contributed by atoms with Gasteiger partial charge in [0.2, 0.25) is 15.9 Å². The van der Waals surface area contributed by atoms with Gasteiger partial charge < -0.3 is 10.4 Å². The van der Waals surface area contributed by atoms with E-state index in [-0.39, 0.29) is 19.0 Å². The molecule has 2 rings (SSSR count). The zero-order chi connectivity index (χ0) is 14.9. The van der Waals surface area contributed by atoms with Crippen molar-refractivity contribution in [2.75, 3.05) is 13.1 Å². The number of sulfonamides is 1. The minimum absolute atomic E-state index is 0.218. The van der Waals surface area contributed by atoms with Crippen molar-refractivity contribution in [3.05, 3.63) is 0 Å². The molecule has 1 saturated carbocycles. The second kappa shape index (κ2) is 5.69. The molecule has 0 aromatic carbocycles. The highest BCUT2D eigenvalue weighted by atomic mass is 32.2. The van der Waals surface area contributed by atoms with E-state index < -0.39 is 33.2 Å². The molecule has 0 bridgehead atoms. The van der Waals surface area contributed by atoms with Crippen molar-refractivity contribution in [3.63, 3.8) is 0 Å². The van der Waals surface area contributed by atoms with Crippen LogP contribution >= 0.6 is 0 Å². The number of carboxylic acids is 1. The van der Waals surface area contributed by atoms with Crippen LogP contribution in [0.15, 0.2) is 0 Å². The Morgan fingerprint density at radius 1 is 1.45 bits per heavy atom. The molecule has 0 aromatic rings. The minimum Gasteiger partial charge on any atom is -0.481 e. The highest BCUT2D eigenvalue weighted by Gasteiger charge is 2.47. The number of carbonyl (C=O) groups excluding carboxylic acids is 1. The Labute approximate surface area is 118 Å². The first-order chi connectivity index (χ1) is 9.39. The molecular formula is C12H20N2O5S. The Morgan fingerprint density at radius 2 is 2.15 bits per heavy atom. The molecule has 1 aliphatic carbocycles. The van der Waals surface area contributed by atoms with Gasteiger partial charge in [0.25, 0.3) is 0 Å². The second-order valence-corrected chi connectivity index (χ2v) is 7.39. The van der Waals surface area contributed by atoms with Crippen LogP contribution in [-0.4, -0.2) is 54.1 Å². The second-order valence-electron chi connectivity index (χ2n) is 5.28. The molecule has 1 aliphatic heterocycles. The van der Waals surface area contributed by atoms with Crippen LogP contribution in [-0.2, 0) is 19.6 Å². The van der Waals surface area contributed by atoms with Gasteiger partial charge in [0.1, 0.15) is 6.04 Å². The van der Waals surface area contributed by atoms with Gasteiger partial charge in [-0.1, -0.05) is 13.3 Å². The fraction of sp³-hybridized carbons (Fsp3) is 0.833. The molecule has 20 heavy (non-hydrogen) atoms. The minimum atomic E-state index is -3.76. The van der Waals surface area contributed by atoms with E-state index in [1.165, 1.54) is 4.31 Å². The number of rotatable bonds is 4.